The molecule has 2 aromatic rings. The van der Waals surface area contributed by atoms with Gasteiger partial charge in [0.25, 0.3) is 0 Å². The van der Waals surface area contributed by atoms with E-state index in [1.165, 1.54) is 11.3 Å². The van der Waals surface area contributed by atoms with Gasteiger partial charge in [-0.2, -0.15) is 0 Å². The number of rotatable bonds is 3. The average Bonchev–Trinajstić information content (AvgIpc) is 2.98. The highest BCUT2D eigenvalue weighted by Crippen LogP contribution is 2.35. The van der Waals surface area contributed by atoms with Gasteiger partial charge in [0, 0.05) is 30.2 Å². The number of benzene rings is 1. The summed E-state index contributed by atoms with van der Waals surface area (Å²) in [6.07, 6.45) is 2.85. The lowest BCUT2D eigenvalue weighted by molar-refractivity contribution is -0.124. The molecule has 1 atom stereocenters. The van der Waals surface area contributed by atoms with Gasteiger partial charge in [-0.25, -0.2) is 4.98 Å². The highest BCUT2D eigenvalue weighted by Gasteiger charge is 2.33. The van der Waals surface area contributed by atoms with Gasteiger partial charge in [-0.05, 0) is 18.1 Å². The van der Waals surface area contributed by atoms with Crippen LogP contribution in [-0.2, 0) is 16.0 Å². The maximum absolute atomic E-state index is 12.6. The van der Waals surface area contributed by atoms with Crippen molar-refractivity contribution in [3.8, 4) is 0 Å². The largest absolute Gasteiger partial charge is 0.315 e. The second-order valence-corrected chi connectivity index (χ2v) is 6.36. The van der Waals surface area contributed by atoms with Crippen LogP contribution in [0.1, 0.15) is 29.7 Å². The topological polar surface area (TPSA) is 62.3 Å². The Labute approximate surface area is 133 Å². The van der Waals surface area contributed by atoms with Crippen LogP contribution in [0.4, 0.5) is 10.8 Å². The third-order valence-corrected chi connectivity index (χ3v) is 4.93. The predicted molar refractivity (Wildman–Crippen MR) is 87.3 cm³/mol. The van der Waals surface area contributed by atoms with Crippen LogP contribution >= 0.6 is 11.3 Å². The van der Waals surface area contributed by atoms with Crippen molar-refractivity contribution in [2.75, 3.05) is 17.3 Å². The first-order valence-electron chi connectivity index (χ1n) is 7.21. The first-order chi connectivity index (χ1) is 10.6. The molecule has 22 heavy (non-hydrogen) atoms. The van der Waals surface area contributed by atoms with Crippen LogP contribution in [0.5, 0.6) is 0 Å². The first-order valence-corrected chi connectivity index (χ1v) is 8.03. The summed E-state index contributed by atoms with van der Waals surface area (Å²) in [7, 11) is 1.74. The second-order valence-electron chi connectivity index (χ2n) is 5.24. The molecule has 1 aliphatic rings. The maximum Gasteiger partial charge on any atom is 0.234 e. The van der Waals surface area contributed by atoms with E-state index in [0.717, 1.165) is 22.5 Å². The molecule has 2 heterocycles. The molecule has 0 fully saturated rings. The van der Waals surface area contributed by atoms with Crippen LogP contribution in [0.25, 0.3) is 0 Å². The number of thiazole rings is 1. The average molecular weight is 315 g/mol. The lowest BCUT2D eigenvalue weighted by Crippen LogP contribution is -2.37. The van der Waals surface area contributed by atoms with E-state index in [9.17, 15) is 9.59 Å². The number of nitrogens with zero attached hydrogens (tertiary/aromatic N) is 2. The molecule has 2 amide bonds. The number of para-hydroxylation sites is 1. The number of nitrogens with one attached hydrogen (secondary N) is 1. The highest BCUT2D eigenvalue weighted by molar-refractivity contribution is 7.15. The summed E-state index contributed by atoms with van der Waals surface area (Å²) in [5.41, 5.74) is 1.68. The smallest absolute Gasteiger partial charge is 0.234 e. The molecule has 1 aromatic carbocycles. The number of carbonyl (C=O) groups excluding carboxylic acids is 2. The molecule has 0 bridgehead atoms. The van der Waals surface area contributed by atoms with E-state index in [0.29, 0.717) is 5.13 Å². The third-order valence-electron chi connectivity index (χ3n) is 3.88. The molecule has 1 N–H and O–H groups in total. The second kappa shape index (κ2) is 5.88. The fraction of sp³-hybridized carbons (Fsp3) is 0.312. The lowest BCUT2D eigenvalue weighted by atomic mass is 9.89. The van der Waals surface area contributed by atoms with Crippen LogP contribution < -0.4 is 10.2 Å². The highest BCUT2D eigenvalue weighted by atomic mass is 32.1. The molecule has 114 valence electrons. The summed E-state index contributed by atoms with van der Waals surface area (Å²) in [6.45, 7) is 2.05. The zero-order valence-electron chi connectivity index (χ0n) is 12.5. The van der Waals surface area contributed by atoms with E-state index >= 15 is 0 Å². The van der Waals surface area contributed by atoms with Crippen LogP contribution in [0.15, 0.2) is 30.5 Å². The number of aryl methyl sites for hydroxylation is 1. The van der Waals surface area contributed by atoms with Crippen molar-refractivity contribution in [3.05, 3.63) is 40.9 Å². The van der Waals surface area contributed by atoms with E-state index in [-0.39, 0.29) is 18.2 Å². The minimum atomic E-state index is -0.464. The number of carbonyl (C=O) groups is 2. The minimum Gasteiger partial charge on any atom is -0.315 e. The Morgan fingerprint density at radius 2 is 2.23 bits per heavy atom. The van der Waals surface area contributed by atoms with Gasteiger partial charge >= 0.3 is 0 Å². The first kappa shape index (κ1) is 14.7. The summed E-state index contributed by atoms with van der Waals surface area (Å²) in [5.74, 6) is -0.688. The van der Waals surface area contributed by atoms with Gasteiger partial charge in [-0.1, -0.05) is 25.1 Å². The van der Waals surface area contributed by atoms with E-state index in [1.807, 2.05) is 31.2 Å². The summed E-state index contributed by atoms with van der Waals surface area (Å²) in [5, 5.41) is 3.43. The fourth-order valence-corrected chi connectivity index (χ4v) is 3.35. The van der Waals surface area contributed by atoms with Crippen molar-refractivity contribution >= 4 is 34.0 Å². The van der Waals surface area contributed by atoms with Gasteiger partial charge in [0.1, 0.15) is 0 Å². The molecular formula is C16H17N3O2S. The Kier molecular flexibility index (Phi) is 3.94. The Morgan fingerprint density at radius 3 is 2.95 bits per heavy atom. The molecule has 1 aromatic heterocycles. The van der Waals surface area contributed by atoms with E-state index in [2.05, 4.69) is 10.3 Å². The van der Waals surface area contributed by atoms with Gasteiger partial charge in [-0.3, -0.25) is 9.59 Å². The normalized spacial score (nSPS) is 17.3. The summed E-state index contributed by atoms with van der Waals surface area (Å²) >= 11 is 1.47. The standard InChI is InChI=1S/C16H17N3O2S/c1-3-10-9-17-16(22-10)18-15(21)12-8-14(20)19(2)13-7-5-4-6-11(12)13/h4-7,9,12H,3,8H2,1-2H3,(H,17,18,21). The van der Waals surface area contributed by atoms with Crippen LogP contribution in [0.2, 0.25) is 0 Å². The zero-order valence-corrected chi connectivity index (χ0v) is 13.3. The van der Waals surface area contributed by atoms with Crippen molar-refractivity contribution in [3.63, 3.8) is 0 Å². The van der Waals surface area contributed by atoms with Gasteiger partial charge in [-0.15, -0.1) is 11.3 Å². The monoisotopic (exact) mass is 315 g/mol. The van der Waals surface area contributed by atoms with Crippen molar-refractivity contribution < 1.29 is 9.59 Å². The molecular weight excluding hydrogens is 298 g/mol. The van der Waals surface area contributed by atoms with Gasteiger partial charge < -0.3 is 10.2 Å². The zero-order chi connectivity index (χ0) is 15.7. The number of anilines is 2. The Morgan fingerprint density at radius 1 is 1.45 bits per heavy atom. The number of hydrogen-bond donors (Lipinski definition) is 1. The number of aromatic nitrogens is 1. The van der Waals surface area contributed by atoms with Crippen LogP contribution in [0.3, 0.4) is 0 Å². The van der Waals surface area contributed by atoms with Gasteiger partial charge in [0.15, 0.2) is 5.13 Å². The molecule has 6 heteroatoms. The number of amides is 2. The van der Waals surface area contributed by atoms with E-state index in [4.69, 9.17) is 0 Å². The maximum atomic E-state index is 12.6. The van der Waals surface area contributed by atoms with Gasteiger partial charge in [0.05, 0.1) is 5.92 Å². The van der Waals surface area contributed by atoms with E-state index < -0.39 is 5.92 Å². The van der Waals surface area contributed by atoms with Crippen molar-refractivity contribution in [2.45, 2.75) is 25.7 Å². The van der Waals surface area contributed by atoms with Crippen molar-refractivity contribution in [1.82, 2.24) is 4.98 Å². The SMILES string of the molecule is CCc1cnc(NC(=O)C2CC(=O)N(C)c3ccccc32)s1. The minimum absolute atomic E-state index is 0.0489. The quantitative estimate of drug-likeness (QED) is 0.947. The lowest BCUT2D eigenvalue weighted by Gasteiger charge is -2.30. The predicted octanol–water partition coefficient (Wildman–Crippen LogP) is 2.79. The van der Waals surface area contributed by atoms with E-state index in [1.54, 1.807) is 18.1 Å². The summed E-state index contributed by atoms with van der Waals surface area (Å²) in [6, 6.07) is 7.53. The molecule has 3 rings (SSSR count). The fourth-order valence-electron chi connectivity index (χ4n) is 2.60. The van der Waals surface area contributed by atoms with Crippen molar-refractivity contribution in [1.29, 1.82) is 0 Å². The summed E-state index contributed by atoms with van der Waals surface area (Å²) in [4.78, 5) is 31.6. The molecule has 1 aliphatic heterocycles. The molecule has 0 saturated carbocycles. The molecule has 0 spiro atoms. The number of hydrogen-bond acceptors (Lipinski definition) is 4. The Balaban J connectivity index is 1.86. The molecule has 0 radical (unpaired) electrons. The molecule has 0 aliphatic carbocycles. The van der Waals surface area contributed by atoms with Crippen LogP contribution in [-0.4, -0.2) is 23.8 Å². The Hall–Kier alpha value is -2.21. The Bertz CT molecular complexity index is 726. The molecule has 5 nitrogen and oxygen atoms in total. The molecule has 1 unspecified atom stereocenters. The summed E-state index contributed by atoms with van der Waals surface area (Å²) < 4.78 is 0. The molecule has 0 saturated heterocycles. The van der Waals surface area contributed by atoms with Gasteiger partial charge in [0.2, 0.25) is 11.8 Å². The number of fused-ring (bicyclic) bond motifs is 1. The van der Waals surface area contributed by atoms with Crippen LogP contribution in [0, 0.1) is 0 Å². The third kappa shape index (κ3) is 2.62. The van der Waals surface area contributed by atoms with Crippen molar-refractivity contribution in [2.24, 2.45) is 0 Å².